The Hall–Kier alpha value is -2.01. The molecular formula is C13H16N2O3. The first kappa shape index (κ1) is 12.4. The van der Waals surface area contributed by atoms with Crippen LogP contribution < -0.4 is 10.5 Å². The summed E-state index contributed by atoms with van der Waals surface area (Å²) in [7, 11) is 1.61. The zero-order chi connectivity index (χ0) is 13.3. The maximum Gasteiger partial charge on any atom is 0.323 e. The van der Waals surface area contributed by atoms with Crippen LogP contribution in [0.5, 0.6) is 5.75 Å². The summed E-state index contributed by atoms with van der Waals surface area (Å²) in [5.74, 6) is -0.250. The highest BCUT2D eigenvalue weighted by Gasteiger charge is 2.28. The summed E-state index contributed by atoms with van der Waals surface area (Å²) in [4.78, 5) is 14.1. The van der Waals surface area contributed by atoms with Crippen LogP contribution in [0, 0.1) is 0 Å². The summed E-state index contributed by atoms with van der Waals surface area (Å²) in [5.41, 5.74) is 6.19. The van der Waals surface area contributed by atoms with Crippen LogP contribution in [0.4, 0.5) is 0 Å². The molecule has 0 aliphatic rings. The molecule has 18 heavy (non-hydrogen) atoms. The van der Waals surface area contributed by atoms with E-state index in [0.717, 1.165) is 22.3 Å². The molecule has 1 unspecified atom stereocenters. The summed E-state index contributed by atoms with van der Waals surface area (Å²) in [6.45, 7) is 1.50. The van der Waals surface area contributed by atoms with Crippen molar-refractivity contribution in [2.45, 2.75) is 18.9 Å². The lowest BCUT2D eigenvalue weighted by atomic mass is 9.97. The van der Waals surface area contributed by atoms with Crippen molar-refractivity contribution in [1.82, 2.24) is 4.98 Å². The molecule has 0 spiro atoms. The Morgan fingerprint density at radius 2 is 2.22 bits per heavy atom. The van der Waals surface area contributed by atoms with Crippen LogP contribution >= 0.6 is 0 Å². The summed E-state index contributed by atoms with van der Waals surface area (Å²) in [6.07, 6.45) is 0.249. The largest absolute Gasteiger partial charge is 0.497 e. The van der Waals surface area contributed by atoms with Crippen molar-refractivity contribution in [1.29, 1.82) is 0 Å². The van der Waals surface area contributed by atoms with Gasteiger partial charge in [0.05, 0.1) is 7.11 Å². The second kappa shape index (κ2) is 4.34. The van der Waals surface area contributed by atoms with Crippen molar-refractivity contribution >= 4 is 16.9 Å². The molecule has 5 nitrogen and oxygen atoms in total. The van der Waals surface area contributed by atoms with Gasteiger partial charge in [0.2, 0.25) is 0 Å². The molecule has 0 fully saturated rings. The third-order valence-electron chi connectivity index (χ3n) is 2.93. The maximum atomic E-state index is 11.0. The lowest BCUT2D eigenvalue weighted by Gasteiger charge is -2.17. The number of carboxylic acid groups (broad SMARTS) is 1. The van der Waals surface area contributed by atoms with E-state index in [1.165, 1.54) is 6.92 Å². The Morgan fingerprint density at radius 3 is 2.83 bits per heavy atom. The number of ether oxygens (including phenoxy) is 1. The van der Waals surface area contributed by atoms with Crippen LogP contribution in [-0.4, -0.2) is 28.7 Å². The van der Waals surface area contributed by atoms with E-state index in [9.17, 15) is 4.79 Å². The van der Waals surface area contributed by atoms with Gasteiger partial charge in [-0.05, 0) is 31.2 Å². The number of carboxylic acids is 1. The van der Waals surface area contributed by atoms with E-state index in [4.69, 9.17) is 15.6 Å². The Morgan fingerprint density at radius 1 is 1.50 bits per heavy atom. The standard InChI is InChI=1S/C13H16N2O3/c1-13(14,12(16)17)7-9-5-8-6-10(18-2)3-4-11(8)15-9/h3-6,15H,7,14H2,1-2H3,(H,16,17). The maximum absolute atomic E-state index is 11.0. The number of aromatic amines is 1. The number of H-pyrrole nitrogens is 1. The molecule has 0 saturated carbocycles. The number of benzene rings is 1. The Labute approximate surface area is 105 Å². The van der Waals surface area contributed by atoms with Crippen molar-refractivity contribution in [2.24, 2.45) is 5.73 Å². The van der Waals surface area contributed by atoms with Gasteiger partial charge in [-0.3, -0.25) is 4.79 Å². The van der Waals surface area contributed by atoms with Crippen LogP contribution in [0.3, 0.4) is 0 Å². The molecule has 0 bridgehead atoms. The molecule has 0 radical (unpaired) electrons. The molecule has 1 aromatic heterocycles. The molecule has 2 aromatic rings. The molecule has 1 atom stereocenters. The lowest BCUT2D eigenvalue weighted by molar-refractivity contribution is -0.142. The Kier molecular flexibility index (Phi) is 3.00. The number of aromatic nitrogens is 1. The average molecular weight is 248 g/mol. The third kappa shape index (κ3) is 2.31. The van der Waals surface area contributed by atoms with Crippen molar-refractivity contribution in [3.05, 3.63) is 30.0 Å². The molecular weight excluding hydrogens is 232 g/mol. The van der Waals surface area contributed by atoms with E-state index in [0.29, 0.717) is 0 Å². The monoisotopic (exact) mass is 248 g/mol. The SMILES string of the molecule is COc1ccc2[nH]c(CC(C)(N)C(=O)O)cc2c1. The third-order valence-corrected chi connectivity index (χ3v) is 2.93. The number of hydrogen-bond donors (Lipinski definition) is 3. The number of fused-ring (bicyclic) bond motifs is 1. The van der Waals surface area contributed by atoms with Gasteiger partial charge in [0.15, 0.2) is 0 Å². The minimum absolute atomic E-state index is 0.249. The van der Waals surface area contributed by atoms with Gasteiger partial charge in [-0.1, -0.05) is 0 Å². The van der Waals surface area contributed by atoms with Gasteiger partial charge < -0.3 is 20.6 Å². The van der Waals surface area contributed by atoms with E-state index < -0.39 is 11.5 Å². The zero-order valence-corrected chi connectivity index (χ0v) is 10.4. The van der Waals surface area contributed by atoms with Gasteiger partial charge in [0.1, 0.15) is 11.3 Å². The fourth-order valence-corrected chi connectivity index (χ4v) is 1.86. The van der Waals surface area contributed by atoms with E-state index in [-0.39, 0.29) is 6.42 Å². The van der Waals surface area contributed by atoms with Crippen molar-refractivity contribution in [2.75, 3.05) is 7.11 Å². The highest BCUT2D eigenvalue weighted by molar-refractivity contribution is 5.83. The van der Waals surface area contributed by atoms with E-state index in [2.05, 4.69) is 4.98 Å². The summed E-state index contributed by atoms with van der Waals surface area (Å²) in [6, 6.07) is 7.53. The highest BCUT2D eigenvalue weighted by Crippen LogP contribution is 2.23. The predicted octanol–water partition coefficient (Wildman–Crippen LogP) is 1.52. The molecule has 0 aliphatic heterocycles. The van der Waals surface area contributed by atoms with Gasteiger partial charge >= 0.3 is 5.97 Å². The number of hydrogen-bond acceptors (Lipinski definition) is 3. The number of carbonyl (C=O) groups is 1. The first-order valence-corrected chi connectivity index (χ1v) is 5.60. The molecule has 0 amide bonds. The topological polar surface area (TPSA) is 88.3 Å². The lowest BCUT2D eigenvalue weighted by Crippen LogP contribution is -2.46. The number of methoxy groups -OCH3 is 1. The normalized spacial score (nSPS) is 14.4. The molecule has 1 heterocycles. The number of nitrogens with two attached hydrogens (primary N) is 1. The van der Waals surface area contributed by atoms with E-state index in [1.807, 2.05) is 24.3 Å². The summed E-state index contributed by atoms with van der Waals surface area (Å²) in [5, 5.41) is 9.98. The molecule has 1 aromatic carbocycles. The van der Waals surface area contributed by atoms with E-state index >= 15 is 0 Å². The quantitative estimate of drug-likeness (QED) is 0.765. The van der Waals surface area contributed by atoms with Gasteiger partial charge in [-0.2, -0.15) is 0 Å². The molecule has 0 aliphatic carbocycles. The Bertz CT molecular complexity index is 587. The van der Waals surface area contributed by atoms with Crippen LogP contribution in [0.1, 0.15) is 12.6 Å². The van der Waals surface area contributed by atoms with Gasteiger partial charge in [-0.15, -0.1) is 0 Å². The molecule has 2 rings (SSSR count). The summed E-state index contributed by atoms with van der Waals surface area (Å²) >= 11 is 0. The van der Waals surface area contributed by atoms with Crippen molar-refractivity contribution < 1.29 is 14.6 Å². The van der Waals surface area contributed by atoms with E-state index in [1.54, 1.807) is 7.11 Å². The van der Waals surface area contributed by atoms with Crippen LogP contribution in [0.2, 0.25) is 0 Å². The second-order valence-electron chi connectivity index (χ2n) is 4.65. The highest BCUT2D eigenvalue weighted by atomic mass is 16.5. The predicted molar refractivity (Wildman–Crippen MR) is 68.8 cm³/mol. The first-order chi connectivity index (χ1) is 8.42. The fraction of sp³-hybridized carbons (Fsp3) is 0.308. The smallest absolute Gasteiger partial charge is 0.323 e. The molecule has 96 valence electrons. The first-order valence-electron chi connectivity index (χ1n) is 5.60. The van der Waals surface area contributed by atoms with Gasteiger partial charge in [-0.25, -0.2) is 0 Å². The van der Waals surface area contributed by atoms with Crippen molar-refractivity contribution in [3.63, 3.8) is 0 Å². The summed E-state index contributed by atoms with van der Waals surface area (Å²) < 4.78 is 5.14. The fourth-order valence-electron chi connectivity index (χ4n) is 1.86. The average Bonchev–Trinajstić information content (AvgIpc) is 2.68. The number of aliphatic carboxylic acids is 1. The molecule has 4 N–H and O–H groups in total. The minimum Gasteiger partial charge on any atom is -0.497 e. The van der Waals surface area contributed by atoms with Crippen LogP contribution in [-0.2, 0) is 11.2 Å². The second-order valence-corrected chi connectivity index (χ2v) is 4.65. The van der Waals surface area contributed by atoms with Crippen LogP contribution in [0.15, 0.2) is 24.3 Å². The minimum atomic E-state index is -1.27. The molecule has 0 saturated heterocycles. The Balaban J connectivity index is 2.33. The van der Waals surface area contributed by atoms with Gasteiger partial charge in [0, 0.05) is 23.0 Å². The van der Waals surface area contributed by atoms with Gasteiger partial charge in [0.25, 0.3) is 0 Å². The van der Waals surface area contributed by atoms with Crippen molar-refractivity contribution in [3.8, 4) is 5.75 Å². The number of nitrogens with one attached hydrogen (secondary N) is 1. The number of rotatable bonds is 4. The zero-order valence-electron chi connectivity index (χ0n) is 10.4. The van der Waals surface area contributed by atoms with Crippen LogP contribution in [0.25, 0.3) is 10.9 Å². The molecule has 5 heteroatoms.